The highest BCUT2D eigenvalue weighted by Gasteiger charge is 2.21. The van der Waals surface area contributed by atoms with Gasteiger partial charge in [-0.05, 0) is 18.1 Å². The molecule has 0 bridgehead atoms. The van der Waals surface area contributed by atoms with Crippen LogP contribution >= 0.6 is 0 Å². The molecular weight excluding hydrogens is 250 g/mol. The normalized spacial score (nSPS) is 13.3. The maximum atomic E-state index is 12.0. The van der Waals surface area contributed by atoms with Crippen LogP contribution in [0.15, 0.2) is 23.2 Å². The van der Waals surface area contributed by atoms with Crippen molar-refractivity contribution in [3.63, 3.8) is 0 Å². The van der Waals surface area contributed by atoms with Crippen LogP contribution in [0.2, 0.25) is 0 Å². The molecule has 2 heterocycles. The largest absolute Gasteiger partial charge is 0.455 e. The van der Waals surface area contributed by atoms with E-state index in [1.807, 2.05) is 6.92 Å². The predicted molar refractivity (Wildman–Crippen MR) is 67.6 cm³/mol. The van der Waals surface area contributed by atoms with Gasteiger partial charge in [0.05, 0.1) is 0 Å². The van der Waals surface area contributed by atoms with E-state index in [-0.39, 0.29) is 18.5 Å². The third-order valence-electron chi connectivity index (χ3n) is 2.48. The highest BCUT2D eigenvalue weighted by molar-refractivity contribution is 5.75. The number of ether oxygens (including phenoxy) is 2. The lowest BCUT2D eigenvalue weighted by Crippen LogP contribution is -2.24. The summed E-state index contributed by atoms with van der Waals surface area (Å²) in [4.78, 5) is 29.0. The highest BCUT2D eigenvalue weighted by Crippen LogP contribution is 2.30. The molecule has 0 aromatic carbocycles. The maximum absolute atomic E-state index is 12.0. The molecule has 0 radical (unpaired) electrons. The summed E-state index contributed by atoms with van der Waals surface area (Å²) in [6.07, 6.45) is 2.32. The molecule has 19 heavy (non-hydrogen) atoms. The van der Waals surface area contributed by atoms with Gasteiger partial charge in [0.25, 0.3) is 17.5 Å². The smallest absolute Gasteiger partial charge is 0.300 e. The number of primary amides is 1. The second-order valence-corrected chi connectivity index (χ2v) is 3.90. The maximum Gasteiger partial charge on any atom is 0.300 e. The number of fused-ring (bicyclic) bond motifs is 1. The quantitative estimate of drug-likeness (QED) is 0.814. The van der Waals surface area contributed by atoms with Gasteiger partial charge in [-0.2, -0.15) is 4.98 Å². The standard InChI is InChI=1S/C12H13N3O4/c1-3-7-4-6(2)19-11-9(7)10(17)14-12(15-11)18-5-8(13)16/h4H,2-3,5H2,1H3,(H2,13,16)(H,14,15,17). The average Bonchev–Trinajstić information content (AvgIpc) is 2.34. The Balaban J connectivity index is 2.42. The lowest BCUT2D eigenvalue weighted by molar-refractivity contribution is -0.120. The molecule has 1 amide bonds. The number of nitrogens with zero attached hydrogens (tertiary/aromatic N) is 1. The zero-order valence-corrected chi connectivity index (χ0v) is 10.4. The molecule has 0 saturated heterocycles. The van der Waals surface area contributed by atoms with Crippen LogP contribution in [0.5, 0.6) is 11.9 Å². The Morgan fingerprint density at radius 3 is 3.00 bits per heavy atom. The molecule has 7 heteroatoms. The summed E-state index contributed by atoms with van der Waals surface area (Å²) in [6, 6.07) is -0.118. The van der Waals surface area contributed by atoms with Gasteiger partial charge in [-0.1, -0.05) is 13.5 Å². The molecule has 0 aliphatic carbocycles. The minimum absolute atomic E-state index is 0.118. The zero-order valence-electron chi connectivity index (χ0n) is 10.4. The monoisotopic (exact) mass is 263 g/mol. The van der Waals surface area contributed by atoms with E-state index >= 15 is 0 Å². The van der Waals surface area contributed by atoms with Gasteiger partial charge in [-0.15, -0.1) is 0 Å². The molecule has 0 unspecified atom stereocenters. The number of nitrogens with one attached hydrogen (secondary N) is 1. The third-order valence-corrected chi connectivity index (χ3v) is 2.48. The summed E-state index contributed by atoms with van der Waals surface area (Å²) in [7, 11) is 0. The average molecular weight is 263 g/mol. The molecule has 7 nitrogen and oxygen atoms in total. The van der Waals surface area contributed by atoms with Crippen molar-refractivity contribution < 1.29 is 14.3 Å². The van der Waals surface area contributed by atoms with Gasteiger partial charge in [-0.25, -0.2) is 0 Å². The molecule has 1 aliphatic rings. The minimum atomic E-state index is -0.667. The number of nitrogens with two attached hydrogens (primary N) is 1. The number of allylic oxidation sites excluding steroid dienone is 2. The SMILES string of the molecule is C=C1C=C(CC)c2c(nc(OCC(N)=O)[nH]c2=O)O1. The van der Waals surface area contributed by atoms with Crippen molar-refractivity contribution in [1.82, 2.24) is 9.97 Å². The van der Waals surface area contributed by atoms with Crippen molar-refractivity contribution >= 4 is 11.5 Å². The Morgan fingerprint density at radius 1 is 1.63 bits per heavy atom. The first-order valence-corrected chi connectivity index (χ1v) is 5.64. The lowest BCUT2D eigenvalue weighted by atomic mass is 10.0. The van der Waals surface area contributed by atoms with Gasteiger partial charge in [-0.3, -0.25) is 14.6 Å². The Morgan fingerprint density at radius 2 is 2.37 bits per heavy atom. The fourth-order valence-electron chi connectivity index (χ4n) is 1.70. The van der Waals surface area contributed by atoms with Crippen LogP contribution in [-0.4, -0.2) is 22.5 Å². The molecule has 0 fully saturated rings. The summed E-state index contributed by atoms with van der Waals surface area (Å²) in [5.74, 6) is -0.157. The molecular formula is C12H13N3O4. The number of aromatic amines is 1. The van der Waals surface area contributed by atoms with Gasteiger partial charge >= 0.3 is 0 Å². The highest BCUT2D eigenvalue weighted by atomic mass is 16.5. The van der Waals surface area contributed by atoms with E-state index < -0.39 is 11.5 Å². The summed E-state index contributed by atoms with van der Waals surface area (Å²) in [5.41, 5.74) is 5.67. The van der Waals surface area contributed by atoms with Crippen LogP contribution in [0.1, 0.15) is 18.9 Å². The van der Waals surface area contributed by atoms with E-state index in [0.717, 1.165) is 5.57 Å². The predicted octanol–water partition coefficient (Wildman–Crippen LogP) is 0.334. The third kappa shape index (κ3) is 2.65. The van der Waals surface area contributed by atoms with Crippen LogP contribution < -0.4 is 20.8 Å². The minimum Gasteiger partial charge on any atom is -0.455 e. The summed E-state index contributed by atoms with van der Waals surface area (Å²) >= 11 is 0. The van der Waals surface area contributed by atoms with E-state index in [4.69, 9.17) is 15.2 Å². The van der Waals surface area contributed by atoms with E-state index in [1.165, 1.54) is 0 Å². The molecule has 2 rings (SSSR count). The molecule has 3 N–H and O–H groups in total. The Kier molecular flexibility index (Phi) is 3.37. The number of H-pyrrole nitrogens is 1. The number of aromatic nitrogens is 2. The molecule has 1 aromatic heterocycles. The van der Waals surface area contributed by atoms with Crippen molar-refractivity contribution in [2.45, 2.75) is 13.3 Å². The van der Waals surface area contributed by atoms with Crippen LogP contribution in [-0.2, 0) is 4.79 Å². The number of hydrogen-bond donors (Lipinski definition) is 2. The number of hydrogen-bond acceptors (Lipinski definition) is 5. The van der Waals surface area contributed by atoms with Gasteiger partial charge in [0.2, 0.25) is 5.88 Å². The Labute approximate surface area is 108 Å². The second-order valence-electron chi connectivity index (χ2n) is 3.90. The number of amides is 1. The van der Waals surface area contributed by atoms with E-state index in [0.29, 0.717) is 17.7 Å². The van der Waals surface area contributed by atoms with Crippen molar-refractivity contribution in [3.05, 3.63) is 34.3 Å². The first-order valence-electron chi connectivity index (χ1n) is 5.64. The molecule has 0 atom stereocenters. The van der Waals surface area contributed by atoms with E-state index in [2.05, 4.69) is 16.5 Å². The van der Waals surface area contributed by atoms with Gasteiger partial charge < -0.3 is 15.2 Å². The zero-order chi connectivity index (χ0) is 14.0. The van der Waals surface area contributed by atoms with Gasteiger partial charge in [0.15, 0.2) is 6.61 Å². The van der Waals surface area contributed by atoms with E-state index in [1.54, 1.807) is 6.08 Å². The number of rotatable bonds is 4. The van der Waals surface area contributed by atoms with E-state index in [9.17, 15) is 9.59 Å². The van der Waals surface area contributed by atoms with Crippen molar-refractivity contribution in [2.75, 3.05) is 6.61 Å². The summed E-state index contributed by atoms with van der Waals surface area (Å²) in [5, 5.41) is 0. The molecule has 0 spiro atoms. The van der Waals surface area contributed by atoms with Crippen LogP contribution in [0.4, 0.5) is 0 Å². The van der Waals surface area contributed by atoms with Crippen LogP contribution in [0.3, 0.4) is 0 Å². The first-order chi connectivity index (χ1) is 9.01. The second kappa shape index (κ2) is 4.97. The van der Waals surface area contributed by atoms with Crippen molar-refractivity contribution in [2.24, 2.45) is 5.73 Å². The number of carbonyl (C=O) groups excluding carboxylic acids is 1. The summed E-state index contributed by atoms with van der Waals surface area (Å²) in [6.45, 7) is 5.21. The van der Waals surface area contributed by atoms with Gasteiger partial charge in [0, 0.05) is 0 Å². The van der Waals surface area contributed by atoms with Crippen molar-refractivity contribution in [1.29, 1.82) is 0 Å². The fraction of sp³-hybridized carbons (Fsp3) is 0.250. The van der Waals surface area contributed by atoms with Crippen LogP contribution in [0, 0.1) is 0 Å². The topological polar surface area (TPSA) is 107 Å². The van der Waals surface area contributed by atoms with Crippen LogP contribution in [0.25, 0.3) is 5.57 Å². The fourth-order valence-corrected chi connectivity index (χ4v) is 1.70. The number of carbonyl (C=O) groups is 1. The molecule has 100 valence electrons. The van der Waals surface area contributed by atoms with Crippen molar-refractivity contribution in [3.8, 4) is 11.9 Å². The summed E-state index contributed by atoms with van der Waals surface area (Å²) < 4.78 is 10.2. The molecule has 1 aliphatic heterocycles. The Bertz CT molecular complexity index is 630. The van der Waals surface area contributed by atoms with Gasteiger partial charge in [0.1, 0.15) is 11.3 Å². The molecule has 1 aromatic rings. The molecule has 0 saturated carbocycles. The lowest BCUT2D eigenvalue weighted by Gasteiger charge is -2.17. The Hall–Kier alpha value is -2.57. The first kappa shape index (κ1) is 12.9.